The second-order valence-electron chi connectivity index (χ2n) is 5.38. The van der Waals surface area contributed by atoms with Gasteiger partial charge in [0.15, 0.2) is 21.3 Å². The van der Waals surface area contributed by atoms with Crippen LogP contribution in [0.5, 0.6) is 0 Å². The minimum Gasteiger partial charge on any atom is -0.444 e. The van der Waals surface area contributed by atoms with E-state index in [0.717, 1.165) is 18.5 Å². The number of aromatic nitrogens is 1. The molecule has 0 fully saturated rings. The van der Waals surface area contributed by atoms with Crippen LogP contribution in [0.3, 0.4) is 0 Å². The molecular formula is C15H14BrN3O4S. The van der Waals surface area contributed by atoms with Crippen molar-refractivity contribution in [3.05, 3.63) is 33.1 Å². The number of carbonyl (C=O) groups is 3. The molecule has 0 saturated carbocycles. The summed E-state index contributed by atoms with van der Waals surface area (Å²) in [5.41, 5.74) is 0.747. The number of anilines is 1. The summed E-state index contributed by atoms with van der Waals surface area (Å²) in [7, 11) is 1.51. The monoisotopic (exact) mass is 411 g/mol. The molecule has 2 aromatic heterocycles. The Morgan fingerprint density at radius 3 is 2.88 bits per heavy atom. The normalized spacial score (nSPS) is 13.5. The van der Waals surface area contributed by atoms with Crippen LogP contribution >= 0.6 is 27.3 Å². The van der Waals surface area contributed by atoms with Gasteiger partial charge in [0.1, 0.15) is 6.54 Å². The Bertz CT molecular complexity index is 814. The van der Waals surface area contributed by atoms with E-state index in [4.69, 9.17) is 4.42 Å². The Labute approximate surface area is 150 Å². The molecule has 0 bridgehead atoms. The van der Waals surface area contributed by atoms with E-state index in [1.54, 1.807) is 6.07 Å². The number of nitrogens with one attached hydrogen (secondary N) is 1. The number of nitrogens with zero attached hydrogens (tertiary/aromatic N) is 2. The average molecular weight is 412 g/mol. The molecule has 0 spiro atoms. The summed E-state index contributed by atoms with van der Waals surface area (Å²) in [6.45, 7) is -0.144. The maximum absolute atomic E-state index is 12.1. The zero-order chi connectivity index (χ0) is 17.3. The lowest BCUT2D eigenvalue weighted by molar-refractivity contribution is -0.116. The molecule has 0 atom stereocenters. The molecule has 2 heterocycles. The zero-order valence-electron chi connectivity index (χ0n) is 12.8. The van der Waals surface area contributed by atoms with E-state index in [0.29, 0.717) is 21.1 Å². The van der Waals surface area contributed by atoms with Gasteiger partial charge in [-0.2, -0.15) is 0 Å². The number of rotatable bonds is 4. The fourth-order valence-corrected chi connectivity index (χ4v) is 3.69. The van der Waals surface area contributed by atoms with Crippen LogP contribution in [-0.2, 0) is 11.2 Å². The van der Waals surface area contributed by atoms with E-state index in [1.165, 1.54) is 29.4 Å². The molecule has 0 aromatic carbocycles. The van der Waals surface area contributed by atoms with Crippen molar-refractivity contribution >= 4 is 50.0 Å². The molecule has 9 heteroatoms. The van der Waals surface area contributed by atoms with Crippen molar-refractivity contribution < 1.29 is 18.8 Å². The van der Waals surface area contributed by atoms with Crippen molar-refractivity contribution in [1.29, 1.82) is 0 Å². The molecule has 0 radical (unpaired) electrons. The molecule has 0 saturated heterocycles. The van der Waals surface area contributed by atoms with E-state index in [9.17, 15) is 14.4 Å². The third kappa shape index (κ3) is 3.57. The highest BCUT2D eigenvalue weighted by atomic mass is 79.9. The number of aryl methyl sites for hydroxylation is 1. The highest BCUT2D eigenvalue weighted by Crippen LogP contribution is 2.29. The maximum atomic E-state index is 12.1. The zero-order valence-corrected chi connectivity index (χ0v) is 15.2. The minimum absolute atomic E-state index is 0.0740. The van der Waals surface area contributed by atoms with Crippen LogP contribution in [0.2, 0.25) is 0 Å². The molecule has 0 aliphatic heterocycles. The summed E-state index contributed by atoms with van der Waals surface area (Å²) in [6, 6.07) is 3.14. The van der Waals surface area contributed by atoms with Gasteiger partial charge in [-0.1, -0.05) is 11.3 Å². The smallest absolute Gasteiger partial charge is 0.289 e. The Hall–Kier alpha value is -2.00. The summed E-state index contributed by atoms with van der Waals surface area (Å²) >= 11 is 4.31. The van der Waals surface area contributed by atoms with Crippen molar-refractivity contribution in [3.8, 4) is 0 Å². The number of fused-ring (bicyclic) bond motifs is 1. The van der Waals surface area contributed by atoms with Crippen LogP contribution in [0.25, 0.3) is 0 Å². The van der Waals surface area contributed by atoms with Crippen LogP contribution in [0.4, 0.5) is 5.13 Å². The van der Waals surface area contributed by atoms with Crippen molar-refractivity contribution in [2.24, 2.45) is 0 Å². The van der Waals surface area contributed by atoms with Crippen LogP contribution in [0, 0.1) is 0 Å². The van der Waals surface area contributed by atoms with E-state index in [-0.39, 0.29) is 24.0 Å². The second kappa shape index (κ2) is 6.86. The Kier molecular flexibility index (Phi) is 4.81. The maximum Gasteiger partial charge on any atom is 0.289 e. The summed E-state index contributed by atoms with van der Waals surface area (Å²) < 4.78 is 5.63. The van der Waals surface area contributed by atoms with Gasteiger partial charge in [0, 0.05) is 13.5 Å². The minimum atomic E-state index is -0.399. The number of carbonyl (C=O) groups excluding carboxylic acids is 3. The summed E-state index contributed by atoms with van der Waals surface area (Å²) in [4.78, 5) is 42.2. The number of furan rings is 1. The predicted octanol–water partition coefficient (Wildman–Crippen LogP) is 2.73. The van der Waals surface area contributed by atoms with Crippen LogP contribution < -0.4 is 5.32 Å². The molecule has 1 aliphatic rings. The molecule has 3 rings (SSSR count). The SMILES string of the molecule is CN(CC(=O)Nc1nc2c(s1)C(=O)CCC2)C(=O)c1ccc(Br)o1. The number of hydrogen-bond donors (Lipinski definition) is 1. The first-order valence-electron chi connectivity index (χ1n) is 7.27. The quantitative estimate of drug-likeness (QED) is 0.834. The van der Waals surface area contributed by atoms with Gasteiger partial charge >= 0.3 is 0 Å². The standard InChI is InChI=1S/C15H14BrN3O4S/c1-19(14(22)10-5-6-11(16)23-10)7-12(21)18-15-17-8-3-2-4-9(20)13(8)24-15/h5-6H,2-4,7H2,1H3,(H,17,18,21). The molecule has 126 valence electrons. The molecule has 0 unspecified atom stereocenters. The molecule has 7 nitrogen and oxygen atoms in total. The second-order valence-corrected chi connectivity index (χ2v) is 7.17. The Balaban J connectivity index is 1.61. The molecule has 1 aliphatic carbocycles. The molecule has 24 heavy (non-hydrogen) atoms. The number of thiazole rings is 1. The van der Waals surface area contributed by atoms with E-state index >= 15 is 0 Å². The lowest BCUT2D eigenvalue weighted by atomic mass is 10.0. The van der Waals surface area contributed by atoms with Crippen LogP contribution in [-0.4, -0.2) is 41.1 Å². The van der Waals surface area contributed by atoms with E-state index in [1.807, 2.05) is 0 Å². The average Bonchev–Trinajstić information content (AvgIpc) is 3.13. The fourth-order valence-electron chi connectivity index (χ4n) is 2.39. The number of halogens is 1. The summed E-state index contributed by atoms with van der Waals surface area (Å²) in [6.07, 6.45) is 2.07. The first-order chi connectivity index (χ1) is 11.4. The van der Waals surface area contributed by atoms with E-state index in [2.05, 4.69) is 26.2 Å². The Morgan fingerprint density at radius 1 is 1.42 bits per heavy atom. The van der Waals surface area contributed by atoms with Gasteiger partial charge in [-0.25, -0.2) is 4.98 Å². The number of Topliss-reactive ketones (excluding diaryl/α,β-unsaturated/α-hetero) is 1. The van der Waals surface area contributed by atoms with Crippen LogP contribution in [0.1, 0.15) is 38.8 Å². The number of hydrogen-bond acceptors (Lipinski definition) is 6. The first-order valence-corrected chi connectivity index (χ1v) is 8.88. The van der Waals surface area contributed by atoms with Crippen molar-refractivity contribution in [2.45, 2.75) is 19.3 Å². The largest absolute Gasteiger partial charge is 0.444 e. The third-order valence-electron chi connectivity index (χ3n) is 3.53. The van der Waals surface area contributed by atoms with Gasteiger partial charge in [-0.15, -0.1) is 0 Å². The molecule has 1 N–H and O–H groups in total. The van der Waals surface area contributed by atoms with Gasteiger partial charge in [0.2, 0.25) is 5.91 Å². The van der Waals surface area contributed by atoms with Crippen LogP contribution in [0.15, 0.2) is 21.2 Å². The van der Waals surface area contributed by atoms with E-state index < -0.39 is 5.91 Å². The topological polar surface area (TPSA) is 92.5 Å². The number of ketones is 1. The first kappa shape index (κ1) is 16.8. The van der Waals surface area contributed by atoms with Gasteiger partial charge < -0.3 is 14.6 Å². The summed E-state index contributed by atoms with van der Waals surface area (Å²) in [5.74, 6) is -0.558. The van der Waals surface area contributed by atoms with Gasteiger partial charge in [0.25, 0.3) is 5.91 Å². The highest BCUT2D eigenvalue weighted by molar-refractivity contribution is 9.10. The summed E-state index contributed by atoms with van der Waals surface area (Å²) in [5, 5.41) is 3.04. The van der Waals surface area contributed by atoms with Crippen molar-refractivity contribution in [2.75, 3.05) is 18.9 Å². The molecular weight excluding hydrogens is 398 g/mol. The Morgan fingerprint density at radius 2 is 2.21 bits per heavy atom. The highest BCUT2D eigenvalue weighted by Gasteiger charge is 2.23. The fraction of sp³-hybridized carbons (Fsp3) is 0.333. The van der Waals surface area contributed by atoms with Crippen molar-refractivity contribution in [1.82, 2.24) is 9.88 Å². The third-order valence-corrected chi connectivity index (χ3v) is 5.01. The van der Waals surface area contributed by atoms with Gasteiger partial charge in [-0.3, -0.25) is 14.4 Å². The van der Waals surface area contributed by atoms with Crippen molar-refractivity contribution in [3.63, 3.8) is 0 Å². The predicted molar refractivity (Wildman–Crippen MR) is 91.4 cm³/mol. The molecule has 2 amide bonds. The lowest BCUT2D eigenvalue weighted by Gasteiger charge is -2.14. The molecule has 2 aromatic rings. The number of amides is 2. The lowest BCUT2D eigenvalue weighted by Crippen LogP contribution is -2.34. The van der Waals surface area contributed by atoms with Gasteiger partial charge in [-0.05, 0) is 40.9 Å². The van der Waals surface area contributed by atoms with Gasteiger partial charge in [0.05, 0.1) is 10.6 Å². The number of likely N-dealkylation sites (N-methyl/N-ethyl adjacent to an activating group) is 1.